The van der Waals surface area contributed by atoms with Gasteiger partial charge < -0.3 is 4.57 Å². The van der Waals surface area contributed by atoms with Gasteiger partial charge in [0.05, 0.1) is 12.0 Å². The van der Waals surface area contributed by atoms with Gasteiger partial charge >= 0.3 is 0 Å². The van der Waals surface area contributed by atoms with Crippen molar-refractivity contribution in [1.29, 1.82) is 0 Å². The Labute approximate surface area is 167 Å². The molecule has 0 aliphatic heterocycles. The van der Waals surface area contributed by atoms with E-state index in [0.29, 0.717) is 5.92 Å². The molecule has 28 heavy (non-hydrogen) atoms. The SMILES string of the molecule is CC(C)Cc1cn(C(c2ccccc2)(c2ccccc2)c2ccccc2)cn1. The number of nitrogens with zero attached hydrogens (tertiary/aromatic N) is 2. The molecule has 0 atom stereocenters. The van der Waals surface area contributed by atoms with Gasteiger partial charge in [0.25, 0.3) is 0 Å². The maximum Gasteiger partial charge on any atom is 0.121 e. The zero-order valence-electron chi connectivity index (χ0n) is 16.5. The highest BCUT2D eigenvalue weighted by Crippen LogP contribution is 2.40. The van der Waals surface area contributed by atoms with Gasteiger partial charge in [0.1, 0.15) is 5.54 Å². The van der Waals surface area contributed by atoms with Gasteiger partial charge in [-0.2, -0.15) is 0 Å². The predicted molar refractivity (Wildman–Crippen MR) is 115 cm³/mol. The number of benzene rings is 3. The molecule has 0 spiro atoms. The Balaban J connectivity index is 2.03. The van der Waals surface area contributed by atoms with Crippen molar-refractivity contribution < 1.29 is 0 Å². The number of aromatic nitrogens is 2. The number of hydrogen-bond donors (Lipinski definition) is 0. The minimum absolute atomic E-state index is 0.466. The summed E-state index contributed by atoms with van der Waals surface area (Å²) in [4.78, 5) is 4.76. The molecule has 0 saturated heterocycles. The first-order valence-corrected chi connectivity index (χ1v) is 9.91. The summed E-state index contributed by atoms with van der Waals surface area (Å²) in [5.41, 5.74) is 4.33. The van der Waals surface area contributed by atoms with Gasteiger partial charge in [-0.1, -0.05) is 105 Å². The van der Waals surface area contributed by atoms with Crippen molar-refractivity contribution in [3.8, 4) is 0 Å². The molecule has 2 heteroatoms. The summed E-state index contributed by atoms with van der Waals surface area (Å²) in [5.74, 6) is 0.572. The van der Waals surface area contributed by atoms with E-state index in [-0.39, 0.29) is 0 Å². The zero-order chi connectivity index (χ0) is 19.4. The fourth-order valence-corrected chi connectivity index (χ4v) is 4.06. The highest BCUT2D eigenvalue weighted by Gasteiger charge is 2.38. The molecule has 0 amide bonds. The summed E-state index contributed by atoms with van der Waals surface area (Å²) >= 11 is 0. The van der Waals surface area contributed by atoms with Gasteiger partial charge in [0.15, 0.2) is 0 Å². The van der Waals surface area contributed by atoms with Crippen LogP contribution in [-0.2, 0) is 12.0 Å². The van der Waals surface area contributed by atoms with E-state index in [2.05, 4.69) is 116 Å². The lowest BCUT2D eigenvalue weighted by Crippen LogP contribution is -2.36. The van der Waals surface area contributed by atoms with Crippen LogP contribution in [0.15, 0.2) is 104 Å². The highest BCUT2D eigenvalue weighted by molar-refractivity contribution is 5.50. The van der Waals surface area contributed by atoms with Crippen molar-refractivity contribution >= 4 is 0 Å². The third-order valence-corrected chi connectivity index (χ3v) is 5.22. The first kappa shape index (κ1) is 18.2. The predicted octanol–water partition coefficient (Wildman–Crippen LogP) is 5.92. The Morgan fingerprint density at radius 1 is 0.714 bits per heavy atom. The van der Waals surface area contributed by atoms with Crippen molar-refractivity contribution in [2.24, 2.45) is 5.92 Å². The summed E-state index contributed by atoms with van der Waals surface area (Å²) in [6.07, 6.45) is 5.18. The molecule has 0 radical (unpaired) electrons. The first-order valence-electron chi connectivity index (χ1n) is 9.91. The summed E-state index contributed by atoms with van der Waals surface area (Å²) in [5, 5.41) is 0. The van der Waals surface area contributed by atoms with Crippen LogP contribution in [0.25, 0.3) is 0 Å². The molecule has 0 N–H and O–H groups in total. The third-order valence-electron chi connectivity index (χ3n) is 5.22. The normalized spacial score (nSPS) is 11.7. The molecule has 0 saturated carbocycles. The Morgan fingerprint density at radius 2 is 1.14 bits per heavy atom. The average Bonchev–Trinajstić information content (AvgIpc) is 3.19. The molecule has 0 bridgehead atoms. The molecule has 0 aliphatic rings. The molecule has 3 aromatic carbocycles. The van der Waals surface area contributed by atoms with Crippen LogP contribution in [0.5, 0.6) is 0 Å². The van der Waals surface area contributed by atoms with Gasteiger partial charge in [-0.25, -0.2) is 4.98 Å². The third kappa shape index (κ3) is 3.27. The Bertz CT molecular complexity index is 905. The second-order valence-corrected chi connectivity index (χ2v) is 7.68. The van der Waals surface area contributed by atoms with E-state index in [1.54, 1.807) is 0 Å². The van der Waals surface area contributed by atoms with Crippen molar-refractivity contribution in [1.82, 2.24) is 9.55 Å². The monoisotopic (exact) mass is 366 g/mol. The molecule has 0 unspecified atom stereocenters. The van der Waals surface area contributed by atoms with Crippen LogP contribution < -0.4 is 0 Å². The molecule has 1 aromatic heterocycles. The number of hydrogen-bond acceptors (Lipinski definition) is 1. The number of rotatable bonds is 6. The van der Waals surface area contributed by atoms with E-state index in [9.17, 15) is 0 Å². The van der Waals surface area contributed by atoms with Gasteiger partial charge in [0, 0.05) is 6.20 Å². The lowest BCUT2D eigenvalue weighted by Gasteiger charge is -2.37. The Kier molecular flexibility index (Phi) is 5.12. The maximum atomic E-state index is 4.76. The van der Waals surface area contributed by atoms with Crippen molar-refractivity contribution in [2.75, 3.05) is 0 Å². The van der Waals surface area contributed by atoms with Crippen LogP contribution in [0.1, 0.15) is 36.2 Å². The molecule has 0 fully saturated rings. The fraction of sp³-hybridized carbons (Fsp3) is 0.192. The molecule has 4 aromatic rings. The van der Waals surface area contributed by atoms with Gasteiger partial charge in [0.2, 0.25) is 0 Å². The largest absolute Gasteiger partial charge is 0.319 e. The van der Waals surface area contributed by atoms with Crippen LogP contribution in [-0.4, -0.2) is 9.55 Å². The van der Waals surface area contributed by atoms with E-state index >= 15 is 0 Å². The summed E-state index contributed by atoms with van der Waals surface area (Å²) in [6.45, 7) is 4.47. The smallest absolute Gasteiger partial charge is 0.121 e. The summed E-state index contributed by atoms with van der Waals surface area (Å²) in [7, 11) is 0. The second kappa shape index (κ2) is 7.85. The van der Waals surface area contributed by atoms with E-state index < -0.39 is 5.54 Å². The standard InChI is InChI=1S/C26H26N2/c1-21(2)18-25-19-28(20-27-25)26(22-12-6-3-7-13-22,23-14-8-4-9-15-23)24-16-10-5-11-17-24/h3-17,19-21H,18H2,1-2H3. The van der Waals surface area contributed by atoms with Crippen molar-refractivity contribution in [2.45, 2.75) is 25.8 Å². The van der Waals surface area contributed by atoms with Crippen molar-refractivity contribution in [3.63, 3.8) is 0 Å². The molecular weight excluding hydrogens is 340 g/mol. The summed E-state index contributed by atoms with van der Waals surface area (Å²) in [6, 6.07) is 32.2. The zero-order valence-corrected chi connectivity index (χ0v) is 16.5. The summed E-state index contributed by atoms with van der Waals surface area (Å²) < 4.78 is 2.28. The molecular formula is C26H26N2. The van der Waals surface area contributed by atoms with Crippen LogP contribution in [0.3, 0.4) is 0 Å². The lowest BCUT2D eigenvalue weighted by atomic mass is 9.77. The van der Waals surface area contributed by atoms with Gasteiger partial charge in [-0.15, -0.1) is 0 Å². The van der Waals surface area contributed by atoms with Crippen LogP contribution >= 0.6 is 0 Å². The van der Waals surface area contributed by atoms with Crippen LogP contribution in [0.2, 0.25) is 0 Å². The van der Waals surface area contributed by atoms with E-state index in [1.165, 1.54) is 16.7 Å². The van der Waals surface area contributed by atoms with E-state index in [1.807, 2.05) is 6.33 Å². The Morgan fingerprint density at radius 3 is 1.54 bits per heavy atom. The minimum Gasteiger partial charge on any atom is -0.319 e. The van der Waals surface area contributed by atoms with Gasteiger partial charge in [-0.3, -0.25) is 0 Å². The fourth-order valence-electron chi connectivity index (χ4n) is 4.06. The number of imidazole rings is 1. The molecule has 140 valence electrons. The quantitative estimate of drug-likeness (QED) is 0.387. The molecule has 4 rings (SSSR count). The van der Waals surface area contributed by atoms with E-state index in [4.69, 9.17) is 4.98 Å². The van der Waals surface area contributed by atoms with Gasteiger partial charge in [-0.05, 0) is 29.0 Å². The Hall–Kier alpha value is -3.13. The maximum absolute atomic E-state index is 4.76. The second-order valence-electron chi connectivity index (χ2n) is 7.68. The van der Waals surface area contributed by atoms with E-state index in [0.717, 1.165) is 12.1 Å². The van der Waals surface area contributed by atoms with Crippen LogP contribution in [0.4, 0.5) is 0 Å². The van der Waals surface area contributed by atoms with Crippen LogP contribution in [0, 0.1) is 5.92 Å². The first-order chi connectivity index (χ1) is 13.7. The van der Waals surface area contributed by atoms with Crippen molar-refractivity contribution in [3.05, 3.63) is 126 Å². The molecule has 1 heterocycles. The highest BCUT2D eigenvalue weighted by atomic mass is 15.1. The lowest BCUT2D eigenvalue weighted by molar-refractivity contribution is 0.513. The molecule has 2 nitrogen and oxygen atoms in total. The molecule has 0 aliphatic carbocycles. The minimum atomic E-state index is -0.466. The topological polar surface area (TPSA) is 17.8 Å². The average molecular weight is 367 g/mol.